The van der Waals surface area contributed by atoms with Crippen LogP contribution in [0.25, 0.3) is 0 Å². The predicted molar refractivity (Wildman–Crippen MR) is 409 cm³/mol. The summed E-state index contributed by atoms with van der Waals surface area (Å²) in [5, 5.41) is 96.9. The number of aliphatic carboxylic acids is 4. The Kier molecular flexibility index (Phi) is 44.2. The number of hydrogen-bond acceptors (Lipinski definition) is 30. The summed E-state index contributed by atoms with van der Waals surface area (Å²) in [4.78, 5) is 109. The average Bonchev–Trinajstić information content (AvgIpc) is 1.75. The number of aromatic nitrogens is 18. The number of carbonyl (C=O) groups is 10. The highest BCUT2D eigenvalue weighted by molar-refractivity contribution is 7.85. The van der Waals surface area contributed by atoms with E-state index < -0.39 is 50.0 Å². The normalized spacial score (nSPS) is 11.2. The molecule has 50 heteroatoms. The van der Waals surface area contributed by atoms with Gasteiger partial charge in [-0.15, -0.1) is 39.1 Å². The van der Waals surface area contributed by atoms with Crippen LogP contribution < -0.4 is 61.7 Å². The van der Waals surface area contributed by atoms with Crippen LogP contribution in [0.5, 0.6) is 0 Å². The summed E-state index contributed by atoms with van der Waals surface area (Å²) >= 11 is 0. The van der Waals surface area contributed by atoms with Gasteiger partial charge in [0.2, 0.25) is 35.4 Å². The molecule has 0 saturated heterocycles. The number of carbonyl (C=O) groups excluding carboxylic acids is 10. The van der Waals surface area contributed by atoms with Gasteiger partial charge in [-0.2, -0.15) is 0 Å². The molecule has 0 aromatic carbocycles. The fraction of sp³-hybridized carbons (Fsp3) is 0.507. The van der Waals surface area contributed by atoms with E-state index in [4.69, 9.17) is 0 Å². The van der Waals surface area contributed by atoms with E-state index in [-0.39, 0.29) is 111 Å². The molecular weight excluding hydrogens is 1610 g/mol. The lowest BCUT2D eigenvalue weighted by Crippen LogP contribution is -2.49. The summed E-state index contributed by atoms with van der Waals surface area (Å²) in [6.45, 7) is 31.2. The third-order valence-corrected chi connectivity index (χ3v) is 17.5. The van der Waals surface area contributed by atoms with Crippen molar-refractivity contribution in [2.24, 2.45) is 14.1 Å². The van der Waals surface area contributed by atoms with Gasteiger partial charge in [0.1, 0.15) is 60.1 Å². The zero-order chi connectivity index (χ0) is 90.8. The van der Waals surface area contributed by atoms with E-state index in [1.807, 2.05) is 14.1 Å². The molecule has 0 fully saturated rings. The Labute approximate surface area is 689 Å². The Morgan fingerprint density at radius 3 is 0.975 bits per heavy atom. The van der Waals surface area contributed by atoms with E-state index in [1.54, 1.807) is 121 Å². The summed E-state index contributed by atoms with van der Waals surface area (Å²) in [7, 11) is 9.32. The van der Waals surface area contributed by atoms with Crippen LogP contribution in [-0.2, 0) is 161 Å². The molecule has 6 aromatic rings. The molecule has 48 nitrogen and oxygen atoms in total. The van der Waals surface area contributed by atoms with Gasteiger partial charge < -0.3 is 98.5 Å². The molecule has 0 radical (unpaired) electrons. The fourth-order valence-corrected chi connectivity index (χ4v) is 10.7. The van der Waals surface area contributed by atoms with Gasteiger partial charge in [0.15, 0.2) is 42.7 Å². The lowest BCUT2D eigenvalue weighted by molar-refractivity contribution is -0.891. The number of aryl methyl sites for hydroxylation is 2. The number of quaternary nitrogens is 4. The number of hydrogen-bond donors (Lipinski definition) is 6. The van der Waals surface area contributed by atoms with Crippen LogP contribution in [0.4, 0.5) is 0 Å². The van der Waals surface area contributed by atoms with E-state index >= 15 is 0 Å². The van der Waals surface area contributed by atoms with Gasteiger partial charge in [-0.05, 0) is 39.0 Å². The first-order valence-electron chi connectivity index (χ1n) is 35.9. The molecule has 0 saturated carbocycles. The van der Waals surface area contributed by atoms with E-state index in [2.05, 4.69) is 123 Å². The van der Waals surface area contributed by atoms with Crippen molar-refractivity contribution in [1.29, 1.82) is 0 Å². The summed E-state index contributed by atoms with van der Waals surface area (Å²) in [5.74, 6) is -7.00. The number of nitrogens with one attached hydrogen (secondary N) is 6. The number of carboxylic acids is 4. The van der Waals surface area contributed by atoms with Gasteiger partial charge in [-0.3, -0.25) is 28.8 Å². The van der Waals surface area contributed by atoms with Gasteiger partial charge in [0, 0.05) is 28.9 Å². The van der Waals surface area contributed by atoms with Crippen LogP contribution >= 0.6 is 0 Å². The molecule has 6 rings (SSSR count). The smallest absolute Gasteiger partial charge is 0.246 e. The van der Waals surface area contributed by atoms with Crippen molar-refractivity contribution in [1.82, 2.24) is 112 Å². The molecular formula is C69H110N28O20S2. The topological polar surface area (TPSA) is 616 Å². The van der Waals surface area contributed by atoms with Crippen molar-refractivity contribution in [2.75, 3.05) is 114 Å². The van der Waals surface area contributed by atoms with Gasteiger partial charge >= 0.3 is 0 Å². The first-order chi connectivity index (χ1) is 55.0. The van der Waals surface area contributed by atoms with Crippen LogP contribution in [0, 0.1) is 0 Å². The summed E-state index contributed by atoms with van der Waals surface area (Å²) in [6.07, 6.45) is 13.8. The van der Waals surface area contributed by atoms with Crippen LogP contribution in [-0.4, -0.2) is 297 Å². The summed E-state index contributed by atoms with van der Waals surface area (Å²) < 4.78 is 77.3. The highest BCUT2D eigenvalue weighted by atomic mass is 32.2. The zero-order valence-corrected chi connectivity index (χ0v) is 70.9. The maximum Gasteiger partial charge on any atom is 0.246 e. The molecule has 6 aromatic heterocycles. The lowest BCUT2D eigenvalue weighted by atomic mass is 10.3. The van der Waals surface area contributed by atoms with Gasteiger partial charge in [0.25, 0.3) is 0 Å². The van der Waals surface area contributed by atoms with E-state index in [0.29, 0.717) is 130 Å². The molecule has 0 unspecified atom stereocenters. The minimum Gasteiger partial charge on any atom is -0.748 e. The summed E-state index contributed by atoms with van der Waals surface area (Å²) in [6, 6.07) is 0. The molecule has 6 heterocycles. The number of carboxylic acid groups (broad SMARTS) is 4. The minimum absolute atomic E-state index is 0.0351. The maximum absolute atomic E-state index is 11.4. The van der Waals surface area contributed by atoms with Gasteiger partial charge in [-0.25, -0.2) is 35.6 Å². The SMILES string of the molecule is C=C(C)C(=O)NCc1c[n+](CC(=O)[O-])nn1C.C=C(C)C(=O)NCc1cn(CC[N+](C)(C)CC(=O)[O-])nn1.C=C(C)C(=O)NCc1cn(CC[N+](C)(C)CS(=O)(=O)[O-])nn1.C=CC(=O)NCc1c[n+](CC(=O)[O-])nn1C.C=CC(=O)NCc1cn(CC[N+](C)(C)CC(=O)[O-])nn1.C=CC(=O)NCc1cn(CC[N+](C)(C)CCCS(=O)(=O)[O-])nn1. The standard InChI is InChI=1S/C13H23N5O4S.C13H21N5O3.C12H21N5O4S.C12H19N5O3.C10H14N4O3.C9H12N4O3/c1-4-13(19)14-10-12-11-17(16-15-12)6-8-18(2,3)7-5-9-23(20,21)22;1-10(2)13(21)14-7-11-8-17(16-15-11)5-6-18(3,4)9-12(19)20;1-10(2)12(18)13-7-11-8-16(15-14-11)5-6-17(3,4)9-22(19,20)21;1-4-11(18)13-7-10-8-16(15-14-10)5-6-17(2,3)9-12(19)20;1-7(2)10(17)11-4-8-5-14(6-9(15)16)12-13(8)3;1-3-8(14)10-4-7-5-13(6-9(15)16)11-12(7)2/h4,11H,1,5-10H2,2-3H3,(H-,14,19,20,21,22);8H,1,5-7,9H2,2-4H3,(H-,14,19,20,21);8H,1,5-7,9H2,2-4H3,(H-,13,18,19,20,21);4,8H,1,5-7,9H2,2-3H3,(H-,13,18,19,20);5H,1,4,6H2,2-3H3,(H-,11,15,16,17);3,5H,1,4,6H2,2H3,(H-,10,14,15,16). The first-order valence-corrected chi connectivity index (χ1v) is 39.1. The highest BCUT2D eigenvalue weighted by Gasteiger charge is 2.23. The molecule has 0 aliphatic rings. The largest absolute Gasteiger partial charge is 0.748 e. The van der Waals surface area contributed by atoms with Crippen molar-refractivity contribution in [3.63, 3.8) is 0 Å². The minimum atomic E-state index is -4.29. The monoisotopic (exact) mass is 1710 g/mol. The highest BCUT2D eigenvalue weighted by Crippen LogP contribution is 2.07. The molecule has 6 amide bonds. The van der Waals surface area contributed by atoms with Gasteiger partial charge in [0.05, 0.1) is 224 Å². The Morgan fingerprint density at radius 2 is 0.697 bits per heavy atom. The lowest BCUT2D eigenvalue weighted by Gasteiger charge is -2.30. The Morgan fingerprint density at radius 1 is 0.420 bits per heavy atom. The second kappa shape index (κ2) is 50.3. The zero-order valence-electron chi connectivity index (χ0n) is 69.3. The van der Waals surface area contributed by atoms with Crippen molar-refractivity contribution < 1.29 is 122 Å². The van der Waals surface area contributed by atoms with Crippen molar-refractivity contribution in [3.05, 3.63) is 146 Å². The van der Waals surface area contributed by atoms with Gasteiger partial charge in [-0.1, -0.05) is 60.3 Å². The number of nitrogens with zero attached hydrogens (tertiary/aromatic N) is 22. The van der Waals surface area contributed by atoms with Crippen molar-refractivity contribution in [2.45, 2.75) is 106 Å². The second-order valence-corrected chi connectivity index (χ2v) is 32.1. The Bertz CT molecular complexity index is 4700. The Hall–Kier alpha value is -12.4. The van der Waals surface area contributed by atoms with Crippen LogP contribution in [0.2, 0.25) is 0 Å². The van der Waals surface area contributed by atoms with Crippen LogP contribution in [0.15, 0.2) is 112 Å². The van der Waals surface area contributed by atoms with Crippen LogP contribution in [0.3, 0.4) is 0 Å². The number of amides is 6. The van der Waals surface area contributed by atoms with Crippen molar-refractivity contribution in [3.8, 4) is 0 Å². The first kappa shape index (κ1) is 105. The quantitative estimate of drug-likeness (QED) is 0.00895. The van der Waals surface area contributed by atoms with E-state index in [9.17, 15) is 94.3 Å². The maximum atomic E-state index is 11.4. The predicted octanol–water partition coefficient (Wildman–Crippen LogP) is -10.7. The molecule has 0 aliphatic heterocycles. The third kappa shape index (κ3) is 49.3. The molecule has 6 N–H and O–H groups in total. The Balaban J connectivity index is 0.000000717. The summed E-state index contributed by atoms with van der Waals surface area (Å²) in [5.41, 5.74) is 5.10. The number of likely N-dealkylation sites (N-methyl/N-ethyl adjacent to an activating group) is 4. The molecule has 0 spiro atoms. The van der Waals surface area contributed by atoms with Crippen LogP contribution in [0.1, 0.15) is 61.4 Å². The fourth-order valence-electron chi connectivity index (χ4n) is 9.21. The molecule has 0 aliphatic carbocycles. The third-order valence-electron chi connectivity index (χ3n) is 15.7. The van der Waals surface area contributed by atoms with Crippen molar-refractivity contribution >= 4 is 79.6 Å². The molecule has 0 atom stereocenters. The molecule has 0 bridgehead atoms. The average molecular weight is 1720 g/mol. The van der Waals surface area contributed by atoms with E-state index in [1.165, 1.54) is 43.3 Å². The number of rotatable bonds is 44. The second-order valence-electron chi connectivity index (χ2n) is 29.2. The molecule has 658 valence electrons. The van der Waals surface area contributed by atoms with E-state index in [0.717, 1.165) is 6.08 Å². The molecule has 119 heavy (non-hydrogen) atoms.